The highest BCUT2D eigenvalue weighted by molar-refractivity contribution is 5.92. The van der Waals surface area contributed by atoms with Gasteiger partial charge in [-0.3, -0.25) is 0 Å². The fraction of sp³-hybridized carbons (Fsp3) is 0.412. The molecule has 0 amide bonds. The average Bonchev–Trinajstić information content (AvgIpc) is 2.96. The summed E-state index contributed by atoms with van der Waals surface area (Å²) in [6.45, 7) is 9.71. The van der Waals surface area contributed by atoms with E-state index in [1.807, 2.05) is 31.2 Å². The van der Waals surface area contributed by atoms with Crippen molar-refractivity contribution in [3.05, 3.63) is 83.4 Å². The molecule has 0 aliphatic carbocycles. The number of esters is 2. The molecule has 0 N–H and O–H groups in total. The van der Waals surface area contributed by atoms with Gasteiger partial charge in [0.2, 0.25) is 0 Å². The van der Waals surface area contributed by atoms with Crippen molar-refractivity contribution in [1.82, 2.24) is 0 Å². The molecular weight excluding hydrogens is 488 g/mol. The van der Waals surface area contributed by atoms with Crippen LogP contribution in [0.4, 0.5) is 0 Å². The van der Waals surface area contributed by atoms with Crippen molar-refractivity contribution in [2.45, 2.75) is 72.6 Å². The number of benzene rings is 3. The summed E-state index contributed by atoms with van der Waals surface area (Å²) in [5.41, 5.74) is 4.03. The van der Waals surface area contributed by atoms with E-state index in [4.69, 9.17) is 14.2 Å². The second-order valence-corrected chi connectivity index (χ2v) is 10.2. The van der Waals surface area contributed by atoms with Gasteiger partial charge in [-0.15, -0.1) is 0 Å². The summed E-state index contributed by atoms with van der Waals surface area (Å²) in [5.74, 6) is 0.981. The number of rotatable bonds is 15. The highest BCUT2D eigenvalue weighted by atomic mass is 16.5. The molecule has 39 heavy (non-hydrogen) atoms. The number of ether oxygens (including phenoxy) is 3. The van der Waals surface area contributed by atoms with Crippen LogP contribution in [0.25, 0.3) is 11.1 Å². The van der Waals surface area contributed by atoms with Crippen molar-refractivity contribution in [2.24, 2.45) is 5.92 Å². The van der Waals surface area contributed by atoms with Gasteiger partial charge in [-0.05, 0) is 84.5 Å². The standard InChI is InChI=1S/C34H42O5/c1-5-7-8-9-10-11-22-37-33(35)28-16-19-31(20-17-28)39-34(36)29-14-12-27(13-15-29)30-18-21-32(26(4)23-30)38-24-25(3)6-2/h12-21,23,25H,5-11,22,24H2,1-4H3. The Labute approximate surface area is 233 Å². The lowest BCUT2D eigenvalue weighted by Crippen LogP contribution is -2.09. The first kappa shape index (κ1) is 29.9. The van der Waals surface area contributed by atoms with Gasteiger partial charge in [0.1, 0.15) is 11.5 Å². The van der Waals surface area contributed by atoms with E-state index in [0.717, 1.165) is 41.7 Å². The summed E-state index contributed by atoms with van der Waals surface area (Å²) >= 11 is 0. The van der Waals surface area contributed by atoms with Crippen LogP contribution in [0.5, 0.6) is 11.5 Å². The molecule has 0 saturated heterocycles. The van der Waals surface area contributed by atoms with E-state index >= 15 is 0 Å². The van der Waals surface area contributed by atoms with Gasteiger partial charge in [-0.25, -0.2) is 9.59 Å². The zero-order valence-corrected chi connectivity index (χ0v) is 23.8. The van der Waals surface area contributed by atoms with Crippen LogP contribution in [0.1, 0.15) is 92.0 Å². The number of hydrogen-bond donors (Lipinski definition) is 0. The Hall–Kier alpha value is -3.60. The monoisotopic (exact) mass is 530 g/mol. The second-order valence-electron chi connectivity index (χ2n) is 10.2. The van der Waals surface area contributed by atoms with Gasteiger partial charge in [0.25, 0.3) is 0 Å². The number of unbranched alkanes of at least 4 members (excludes halogenated alkanes) is 5. The Morgan fingerprint density at radius 1 is 0.744 bits per heavy atom. The van der Waals surface area contributed by atoms with Crippen LogP contribution in [0.2, 0.25) is 0 Å². The van der Waals surface area contributed by atoms with Gasteiger partial charge in [-0.1, -0.05) is 77.5 Å². The van der Waals surface area contributed by atoms with Gasteiger partial charge < -0.3 is 14.2 Å². The minimum absolute atomic E-state index is 0.359. The molecule has 0 fully saturated rings. The van der Waals surface area contributed by atoms with Crippen LogP contribution in [0.3, 0.4) is 0 Å². The second kappa shape index (κ2) is 15.7. The summed E-state index contributed by atoms with van der Waals surface area (Å²) < 4.78 is 16.8. The van der Waals surface area contributed by atoms with Gasteiger partial charge in [0, 0.05) is 0 Å². The lowest BCUT2D eigenvalue weighted by Gasteiger charge is -2.14. The summed E-state index contributed by atoms with van der Waals surface area (Å²) in [5, 5.41) is 0. The molecule has 3 rings (SSSR count). The Morgan fingerprint density at radius 3 is 2.03 bits per heavy atom. The van der Waals surface area contributed by atoms with E-state index in [9.17, 15) is 9.59 Å². The third kappa shape index (κ3) is 9.58. The van der Waals surface area contributed by atoms with Gasteiger partial charge in [0.15, 0.2) is 0 Å². The largest absolute Gasteiger partial charge is 0.493 e. The lowest BCUT2D eigenvalue weighted by molar-refractivity contribution is 0.0497. The Morgan fingerprint density at radius 2 is 1.36 bits per heavy atom. The van der Waals surface area contributed by atoms with Gasteiger partial charge in [-0.2, -0.15) is 0 Å². The summed E-state index contributed by atoms with van der Waals surface area (Å²) in [7, 11) is 0. The molecule has 3 aromatic carbocycles. The third-order valence-electron chi connectivity index (χ3n) is 6.88. The number of carbonyl (C=O) groups is 2. The quantitative estimate of drug-likeness (QED) is 0.112. The predicted molar refractivity (Wildman–Crippen MR) is 157 cm³/mol. The maximum atomic E-state index is 12.7. The average molecular weight is 531 g/mol. The van der Waals surface area contributed by atoms with Gasteiger partial charge >= 0.3 is 11.9 Å². The molecule has 1 unspecified atom stereocenters. The molecule has 0 radical (unpaired) electrons. The maximum Gasteiger partial charge on any atom is 0.343 e. The van der Waals surface area contributed by atoms with Crippen molar-refractivity contribution >= 4 is 11.9 Å². The van der Waals surface area contributed by atoms with Crippen molar-refractivity contribution in [2.75, 3.05) is 13.2 Å². The Bertz CT molecular complexity index is 1180. The first-order chi connectivity index (χ1) is 18.9. The molecule has 3 aromatic rings. The molecule has 0 heterocycles. The molecule has 208 valence electrons. The molecular formula is C34H42O5. The lowest BCUT2D eigenvalue weighted by atomic mass is 10.0. The normalized spacial score (nSPS) is 11.6. The van der Waals surface area contributed by atoms with Crippen LogP contribution in [0, 0.1) is 12.8 Å². The Balaban J connectivity index is 1.50. The smallest absolute Gasteiger partial charge is 0.343 e. The van der Waals surface area contributed by atoms with E-state index in [2.05, 4.69) is 26.8 Å². The van der Waals surface area contributed by atoms with E-state index in [0.29, 0.717) is 36.0 Å². The highest BCUT2D eigenvalue weighted by Gasteiger charge is 2.12. The molecule has 5 heteroatoms. The number of carbonyl (C=O) groups excluding carboxylic acids is 2. The van der Waals surface area contributed by atoms with Crippen LogP contribution in [-0.4, -0.2) is 25.2 Å². The van der Waals surface area contributed by atoms with Gasteiger partial charge in [0.05, 0.1) is 24.3 Å². The molecule has 0 aromatic heterocycles. The first-order valence-corrected chi connectivity index (χ1v) is 14.2. The molecule has 0 bridgehead atoms. The third-order valence-corrected chi connectivity index (χ3v) is 6.88. The van der Waals surface area contributed by atoms with E-state index in [1.165, 1.54) is 25.7 Å². The molecule has 0 spiro atoms. The summed E-state index contributed by atoms with van der Waals surface area (Å²) in [4.78, 5) is 24.9. The topological polar surface area (TPSA) is 61.8 Å². The molecule has 0 aliphatic rings. The van der Waals surface area contributed by atoms with E-state index in [1.54, 1.807) is 36.4 Å². The highest BCUT2D eigenvalue weighted by Crippen LogP contribution is 2.27. The fourth-order valence-corrected chi connectivity index (χ4v) is 4.10. The number of hydrogen-bond acceptors (Lipinski definition) is 5. The van der Waals surface area contributed by atoms with Crippen LogP contribution < -0.4 is 9.47 Å². The predicted octanol–water partition coefficient (Wildman–Crippen LogP) is 8.82. The maximum absolute atomic E-state index is 12.7. The minimum Gasteiger partial charge on any atom is -0.493 e. The van der Waals surface area contributed by atoms with E-state index < -0.39 is 5.97 Å². The van der Waals surface area contributed by atoms with Crippen molar-refractivity contribution in [3.8, 4) is 22.6 Å². The van der Waals surface area contributed by atoms with Crippen LogP contribution in [0.15, 0.2) is 66.7 Å². The molecule has 1 atom stereocenters. The first-order valence-electron chi connectivity index (χ1n) is 14.2. The summed E-state index contributed by atoms with van der Waals surface area (Å²) in [6.07, 6.45) is 7.92. The summed E-state index contributed by atoms with van der Waals surface area (Å²) in [6, 6.07) is 19.9. The number of aryl methyl sites for hydroxylation is 1. The Kier molecular flexibility index (Phi) is 12.1. The molecule has 0 saturated carbocycles. The van der Waals surface area contributed by atoms with E-state index in [-0.39, 0.29) is 5.97 Å². The SMILES string of the molecule is CCCCCCCCOC(=O)c1ccc(OC(=O)c2ccc(-c3ccc(OCC(C)CC)c(C)c3)cc2)cc1. The zero-order valence-electron chi connectivity index (χ0n) is 23.8. The van der Waals surface area contributed by atoms with Crippen molar-refractivity contribution in [1.29, 1.82) is 0 Å². The minimum atomic E-state index is -0.454. The molecule has 5 nitrogen and oxygen atoms in total. The van der Waals surface area contributed by atoms with Crippen LogP contribution in [-0.2, 0) is 4.74 Å². The fourth-order valence-electron chi connectivity index (χ4n) is 4.10. The van der Waals surface area contributed by atoms with Crippen molar-refractivity contribution in [3.63, 3.8) is 0 Å². The molecule has 0 aliphatic heterocycles. The van der Waals surface area contributed by atoms with Crippen molar-refractivity contribution < 1.29 is 23.8 Å². The zero-order chi connectivity index (χ0) is 28.0. The van der Waals surface area contributed by atoms with Crippen LogP contribution >= 0.6 is 0 Å².